The van der Waals surface area contributed by atoms with Gasteiger partial charge in [0.05, 0.1) is 5.69 Å². The smallest absolute Gasteiger partial charge is 0.325 e. The number of carboxylic acid groups (broad SMARTS) is 1. The van der Waals surface area contributed by atoms with Gasteiger partial charge < -0.3 is 15.0 Å². The zero-order chi connectivity index (χ0) is 13.3. The number of imidazole rings is 1. The van der Waals surface area contributed by atoms with Crippen LogP contribution in [0.4, 0.5) is 0 Å². The third-order valence-corrected chi connectivity index (χ3v) is 3.63. The van der Waals surface area contributed by atoms with Gasteiger partial charge >= 0.3 is 5.97 Å². The van der Waals surface area contributed by atoms with Crippen molar-refractivity contribution in [3.63, 3.8) is 0 Å². The van der Waals surface area contributed by atoms with Gasteiger partial charge in [-0.3, -0.25) is 9.59 Å². The summed E-state index contributed by atoms with van der Waals surface area (Å²) in [5, 5.41) is 11.2. The summed E-state index contributed by atoms with van der Waals surface area (Å²) in [6.45, 7) is 2.17. The van der Waals surface area contributed by atoms with Crippen LogP contribution in [0.2, 0.25) is 0 Å². The first kappa shape index (κ1) is 13.1. The Morgan fingerprint density at radius 1 is 1.50 bits per heavy atom. The molecule has 1 amide bonds. The Morgan fingerprint density at radius 3 is 2.89 bits per heavy atom. The first-order valence-corrected chi connectivity index (χ1v) is 6.58. The molecule has 2 N–H and O–H groups in total. The van der Waals surface area contributed by atoms with Crippen molar-refractivity contribution in [1.29, 1.82) is 0 Å². The van der Waals surface area contributed by atoms with Gasteiger partial charge in [0.25, 0.3) is 5.91 Å². The average Bonchev–Trinajstić information content (AvgIpc) is 2.67. The lowest BCUT2D eigenvalue weighted by Gasteiger charge is -2.17. The normalized spacial score (nSPS) is 15.9. The van der Waals surface area contributed by atoms with Crippen molar-refractivity contribution in [2.75, 3.05) is 0 Å². The predicted octanol–water partition coefficient (Wildman–Crippen LogP) is 1.18. The second-order valence-corrected chi connectivity index (χ2v) is 5.07. The number of carbonyl (C=O) groups is 2. The van der Waals surface area contributed by atoms with E-state index in [1.807, 2.05) is 4.57 Å². The molecule has 0 saturated carbocycles. The minimum absolute atomic E-state index is 0.282. The molecule has 2 heterocycles. The summed E-state index contributed by atoms with van der Waals surface area (Å²) in [7, 11) is 0. The van der Waals surface area contributed by atoms with E-state index in [4.69, 9.17) is 5.11 Å². The second kappa shape index (κ2) is 5.09. The second-order valence-electron chi connectivity index (χ2n) is 4.32. The molecule has 7 heteroatoms. The van der Waals surface area contributed by atoms with E-state index in [0.717, 1.165) is 31.5 Å². The Balaban J connectivity index is 2.23. The molecule has 0 unspecified atom stereocenters. The maximum atomic E-state index is 12.0. The summed E-state index contributed by atoms with van der Waals surface area (Å²) in [5.41, 5.74) is 1.01. The number of aromatic nitrogens is 2. The molecule has 0 saturated heterocycles. The van der Waals surface area contributed by atoms with Crippen molar-refractivity contribution >= 4 is 27.8 Å². The molecule has 0 aliphatic carbocycles. The quantitative estimate of drug-likeness (QED) is 0.877. The SMILES string of the molecule is C[C@@H](NC(=O)c1nc(Br)c2n1CCCC2)C(=O)O. The molecule has 0 radical (unpaired) electrons. The molecule has 18 heavy (non-hydrogen) atoms. The molecular formula is C11H14BrN3O3. The van der Waals surface area contributed by atoms with Gasteiger partial charge in [0.2, 0.25) is 0 Å². The summed E-state index contributed by atoms with van der Waals surface area (Å²) < 4.78 is 2.53. The highest BCUT2D eigenvalue weighted by Crippen LogP contribution is 2.24. The van der Waals surface area contributed by atoms with Crippen molar-refractivity contribution < 1.29 is 14.7 Å². The van der Waals surface area contributed by atoms with Crippen molar-refractivity contribution in [3.05, 3.63) is 16.1 Å². The first-order chi connectivity index (χ1) is 8.50. The van der Waals surface area contributed by atoms with Gasteiger partial charge in [-0.2, -0.15) is 0 Å². The maximum absolute atomic E-state index is 12.0. The molecule has 1 aliphatic heterocycles. The molecule has 6 nitrogen and oxygen atoms in total. The molecule has 0 bridgehead atoms. The molecular weight excluding hydrogens is 302 g/mol. The number of hydrogen-bond donors (Lipinski definition) is 2. The van der Waals surface area contributed by atoms with Gasteiger partial charge in [-0.15, -0.1) is 0 Å². The van der Waals surface area contributed by atoms with Gasteiger partial charge in [0.15, 0.2) is 5.82 Å². The lowest BCUT2D eigenvalue weighted by atomic mass is 10.1. The third kappa shape index (κ3) is 2.40. The molecule has 1 atom stereocenters. The van der Waals surface area contributed by atoms with E-state index in [1.54, 1.807) is 0 Å². The Labute approximate surface area is 113 Å². The van der Waals surface area contributed by atoms with Crippen LogP contribution in [0.15, 0.2) is 4.60 Å². The molecule has 0 fully saturated rings. The minimum atomic E-state index is -1.06. The number of hydrogen-bond acceptors (Lipinski definition) is 3. The predicted molar refractivity (Wildman–Crippen MR) is 67.4 cm³/mol. The lowest BCUT2D eigenvalue weighted by Crippen LogP contribution is -2.39. The monoisotopic (exact) mass is 315 g/mol. The third-order valence-electron chi connectivity index (χ3n) is 2.99. The zero-order valence-corrected chi connectivity index (χ0v) is 11.5. The van der Waals surface area contributed by atoms with Gasteiger partial charge in [-0.25, -0.2) is 4.98 Å². The fourth-order valence-electron chi connectivity index (χ4n) is 1.99. The van der Waals surface area contributed by atoms with E-state index in [0.29, 0.717) is 4.60 Å². The molecule has 0 aromatic carbocycles. The Morgan fingerprint density at radius 2 is 2.22 bits per heavy atom. The van der Waals surface area contributed by atoms with Crippen LogP contribution in [-0.2, 0) is 17.8 Å². The number of nitrogens with zero attached hydrogens (tertiary/aromatic N) is 2. The zero-order valence-electron chi connectivity index (χ0n) is 9.94. The van der Waals surface area contributed by atoms with Crippen molar-refractivity contribution in [1.82, 2.24) is 14.9 Å². The fraction of sp³-hybridized carbons (Fsp3) is 0.545. The van der Waals surface area contributed by atoms with Crippen LogP contribution >= 0.6 is 15.9 Å². The van der Waals surface area contributed by atoms with E-state index in [-0.39, 0.29) is 5.82 Å². The van der Waals surface area contributed by atoms with E-state index in [9.17, 15) is 9.59 Å². The largest absolute Gasteiger partial charge is 0.480 e. The van der Waals surface area contributed by atoms with Gasteiger partial charge in [-0.05, 0) is 42.1 Å². The standard InChI is InChI=1S/C11H14BrN3O3/c1-6(11(17)18)13-10(16)9-14-8(12)7-4-2-3-5-15(7)9/h6H,2-5H2,1H3,(H,13,16)(H,17,18)/t6-/m1/s1. The Kier molecular flexibility index (Phi) is 3.70. The van der Waals surface area contributed by atoms with Crippen LogP contribution < -0.4 is 5.32 Å². The Hall–Kier alpha value is -1.37. The molecule has 98 valence electrons. The highest BCUT2D eigenvalue weighted by molar-refractivity contribution is 9.10. The number of aliphatic carboxylic acids is 1. The summed E-state index contributed by atoms with van der Waals surface area (Å²) in [5.74, 6) is -1.23. The van der Waals surface area contributed by atoms with Crippen LogP contribution in [0.3, 0.4) is 0 Å². The van der Waals surface area contributed by atoms with Gasteiger partial charge in [-0.1, -0.05) is 0 Å². The van der Waals surface area contributed by atoms with E-state index in [1.165, 1.54) is 6.92 Å². The topological polar surface area (TPSA) is 84.2 Å². The first-order valence-electron chi connectivity index (χ1n) is 5.79. The molecule has 0 spiro atoms. The van der Waals surface area contributed by atoms with E-state index in [2.05, 4.69) is 26.2 Å². The summed E-state index contributed by atoms with van der Waals surface area (Å²) >= 11 is 3.34. The lowest BCUT2D eigenvalue weighted by molar-refractivity contribution is -0.138. The van der Waals surface area contributed by atoms with E-state index < -0.39 is 17.9 Å². The van der Waals surface area contributed by atoms with Gasteiger partial charge in [0.1, 0.15) is 10.6 Å². The molecule has 1 aromatic rings. The molecule has 2 rings (SSSR count). The van der Waals surface area contributed by atoms with Crippen LogP contribution in [0, 0.1) is 0 Å². The van der Waals surface area contributed by atoms with E-state index >= 15 is 0 Å². The number of rotatable bonds is 3. The van der Waals surface area contributed by atoms with Crippen LogP contribution in [0.25, 0.3) is 0 Å². The Bertz CT molecular complexity index is 498. The summed E-state index contributed by atoms with van der Waals surface area (Å²) in [6, 6.07) is -0.923. The highest BCUT2D eigenvalue weighted by atomic mass is 79.9. The highest BCUT2D eigenvalue weighted by Gasteiger charge is 2.24. The number of carboxylic acids is 1. The number of nitrogens with one attached hydrogen (secondary N) is 1. The van der Waals surface area contributed by atoms with Crippen molar-refractivity contribution in [2.45, 2.75) is 38.8 Å². The van der Waals surface area contributed by atoms with Crippen molar-refractivity contribution in [3.8, 4) is 0 Å². The average molecular weight is 316 g/mol. The fourth-order valence-corrected chi connectivity index (χ4v) is 2.57. The molecule has 1 aliphatic rings. The van der Waals surface area contributed by atoms with Crippen molar-refractivity contribution in [2.24, 2.45) is 0 Å². The maximum Gasteiger partial charge on any atom is 0.325 e. The number of halogens is 1. The van der Waals surface area contributed by atoms with Crippen LogP contribution in [0.1, 0.15) is 36.1 Å². The summed E-state index contributed by atoms with van der Waals surface area (Å²) in [6.07, 6.45) is 2.97. The number of carbonyl (C=O) groups excluding carboxylic acids is 1. The van der Waals surface area contributed by atoms with Crippen LogP contribution in [0.5, 0.6) is 0 Å². The van der Waals surface area contributed by atoms with Crippen LogP contribution in [-0.4, -0.2) is 32.6 Å². The summed E-state index contributed by atoms with van der Waals surface area (Å²) in [4.78, 5) is 26.9. The van der Waals surface area contributed by atoms with Gasteiger partial charge in [0, 0.05) is 6.54 Å². The number of amides is 1. The number of fused-ring (bicyclic) bond motifs is 1. The minimum Gasteiger partial charge on any atom is -0.480 e. The molecule has 1 aromatic heterocycles.